The quantitative estimate of drug-likeness (QED) is 0.592. The molecule has 5 nitrogen and oxygen atoms in total. The number of hydrogen-bond donors (Lipinski definition) is 1. The van der Waals surface area contributed by atoms with E-state index in [4.69, 9.17) is 5.73 Å². The van der Waals surface area contributed by atoms with Crippen molar-refractivity contribution < 1.29 is 14.3 Å². The molecule has 1 heterocycles. The van der Waals surface area contributed by atoms with E-state index in [1.165, 1.54) is 7.11 Å². The summed E-state index contributed by atoms with van der Waals surface area (Å²) in [6.45, 7) is 0.550. The van der Waals surface area contributed by atoms with Crippen LogP contribution < -0.4 is 5.73 Å². The van der Waals surface area contributed by atoms with Crippen LogP contribution in [0.5, 0.6) is 0 Å². The fraction of sp³-hybridized carbons (Fsp3) is 0.105. The topological polar surface area (TPSA) is 82.3 Å². The van der Waals surface area contributed by atoms with Crippen molar-refractivity contribution in [2.75, 3.05) is 7.11 Å². The summed E-state index contributed by atoms with van der Waals surface area (Å²) < 4.78 is 4.48. The predicted molar refractivity (Wildman–Crippen MR) is 92.8 cm³/mol. The highest BCUT2D eigenvalue weighted by Crippen LogP contribution is 2.14. The smallest absolute Gasteiger partial charge is 0.337 e. The van der Waals surface area contributed by atoms with Gasteiger partial charge in [-0.05, 0) is 23.8 Å². The minimum absolute atomic E-state index is 0.396. The van der Waals surface area contributed by atoms with Crippen LogP contribution in [0.15, 0.2) is 60.8 Å². The minimum Gasteiger partial charge on any atom is -0.465 e. The Bertz CT molecular complexity index is 824. The lowest BCUT2D eigenvalue weighted by Crippen LogP contribution is -2.00. The molecule has 0 bridgehead atoms. The Kier molecular flexibility index (Phi) is 6.16. The molecule has 2 N–H and O–H groups in total. The van der Waals surface area contributed by atoms with E-state index in [0.717, 1.165) is 22.8 Å². The predicted octanol–water partition coefficient (Wildman–Crippen LogP) is 2.98. The van der Waals surface area contributed by atoms with Crippen LogP contribution in [-0.4, -0.2) is 24.3 Å². The number of aldehydes is 1. The van der Waals surface area contributed by atoms with Crippen LogP contribution in [0.3, 0.4) is 0 Å². The molecule has 3 rings (SSSR count). The summed E-state index contributed by atoms with van der Waals surface area (Å²) in [7, 11) is 1.32. The number of hydrogen-bond acceptors (Lipinski definition) is 5. The van der Waals surface area contributed by atoms with Crippen molar-refractivity contribution in [1.82, 2.24) is 4.98 Å². The van der Waals surface area contributed by atoms with E-state index in [9.17, 15) is 9.59 Å². The zero-order chi connectivity index (χ0) is 17.4. The van der Waals surface area contributed by atoms with E-state index in [0.29, 0.717) is 17.7 Å². The third kappa shape index (κ3) is 4.24. The Labute approximate surface area is 140 Å². The molecule has 3 aromatic rings. The average Bonchev–Trinajstić information content (AvgIpc) is 2.67. The molecule has 1 aromatic heterocycles. The first-order valence-corrected chi connectivity index (χ1v) is 7.36. The van der Waals surface area contributed by atoms with Crippen LogP contribution in [0.4, 0.5) is 0 Å². The van der Waals surface area contributed by atoms with Crippen molar-refractivity contribution in [1.29, 1.82) is 0 Å². The van der Waals surface area contributed by atoms with Crippen molar-refractivity contribution in [2.24, 2.45) is 5.73 Å². The molecule has 0 aliphatic rings. The Morgan fingerprint density at radius 3 is 2.46 bits per heavy atom. The Morgan fingerprint density at radius 1 is 1.12 bits per heavy atom. The second-order valence-corrected chi connectivity index (χ2v) is 4.93. The zero-order valence-corrected chi connectivity index (χ0v) is 13.3. The highest BCUT2D eigenvalue weighted by Gasteiger charge is 2.03. The van der Waals surface area contributed by atoms with E-state index in [1.54, 1.807) is 30.5 Å². The summed E-state index contributed by atoms with van der Waals surface area (Å²) >= 11 is 0. The molecule has 0 spiro atoms. The molecule has 0 saturated heterocycles. The van der Waals surface area contributed by atoms with Gasteiger partial charge in [0.1, 0.15) is 6.29 Å². The molecule has 122 valence electrons. The van der Waals surface area contributed by atoms with Gasteiger partial charge in [-0.1, -0.05) is 36.4 Å². The standard InChI is InChI=1S/C10H10N2.C9H8O3/c11-7-9-4-1-3-8-5-2-6-12-10(8)9;1-12-9(11)8-4-2-7(6-10)3-5-8/h1-6H,7,11H2;2-6H,1H3. The number of para-hydroxylation sites is 1. The third-order valence-corrected chi connectivity index (χ3v) is 3.40. The molecule has 0 saturated carbocycles. The highest BCUT2D eigenvalue weighted by atomic mass is 16.5. The van der Waals surface area contributed by atoms with Gasteiger partial charge in [-0.25, -0.2) is 4.79 Å². The number of methoxy groups -OCH3 is 1. The third-order valence-electron chi connectivity index (χ3n) is 3.40. The number of ether oxygens (including phenoxy) is 1. The number of aromatic nitrogens is 1. The molecule has 0 atom stereocenters. The van der Waals surface area contributed by atoms with Crippen LogP contribution in [0.1, 0.15) is 26.3 Å². The number of esters is 1. The van der Waals surface area contributed by atoms with Crippen molar-refractivity contribution >= 4 is 23.2 Å². The number of nitrogens with two attached hydrogens (primary N) is 1. The monoisotopic (exact) mass is 322 g/mol. The van der Waals surface area contributed by atoms with Gasteiger partial charge in [0.25, 0.3) is 0 Å². The number of fused-ring (bicyclic) bond motifs is 1. The molecule has 2 aromatic carbocycles. The first-order chi connectivity index (χ1) is 11.7. The van der Waals surface area contributed by atoms with E-state index in [1.807, 2.05) is 30.3 Å². The number of rotatable bonds is 3. The first kappa shape index (κ1) is 17.3. The van der Waals surface area contributed by atoms with Crippen molar-refractivity contribution in [3.8, 4) is 0 Å². The zero-order valence-electron chi connectivity index (χ0n) is 13.3. The fourth-order valence-electron chi connectivity index (χ4n) is 2.15. The number of carbonyl (C=O) groups is 2. The van der Waals surface area contributed by atoms with Crippen molar-refractivity contribution in [2.45, 2.75) is 6.54 Å². The maximum Gasteiger partial charge on any atom is 0.337 e. The van der Waals surface area contributed by atoms with Gasteiger partial charge in [-0.2, -0.15) is 0 Å². The molecular weight excluding hydrogens is 304 g/mol. The summed E-state index contributed by atoms with van der Waals surface area (Å²) in [6.07, 6.45) is 2.52. The molecular formula is C19H18N2O3. The summed E-state index contributed by atoms with van der Waals surface area (Å²) in [5.41, 5.74) is 8.69. The summed E-state index contributed by atoms with van der Waals surface area (Å²) in [5.74, 6) is -0.396. The lowest BCUT2D eigenvalue weighted by Gasteiger charge is -2.00. The van der Waals surface area contributed by atoms with Gasteiger partial charge in [0.2, 0.25) is 0 Å². The van der Waals surface area contributed by atoms with Gasteiger partial charge in [-0.3, -0.25) is 9.78 Å². The largest absolute Gasteiger partial charge is 0.465 e. The van der Waals surface area contributed by atoms with Crippen LogP contribution in [0, 0.1) is 0 Å². The molecule has 0 aliphatic carbocycles. The highest BCUT2D eigenvalue weighted by molar-refractivity contribution is 5.90. The lowest BCUT2D eigenvalue weighted by atomic mass is 10.1. The molecule has 0 aliphatic heterocycles. The minimum atomic E-state index is -0.396. The Hall–Kier alpha value is -3.05. The number of carbonyl (C=O) groups excluding carboxylic acids is 2. The molecule has 0 radical (unpaired) electrons. The maximum absolute atomic E-state index is 10.9. The second kappa shape index (κ2) is 8.55. The summed E-state index contributed by atoms with van der Waals surface area (Å²) in [4.78, 5) is 25.4. The molecule has 0 fully saturated rings. The van der Waals surface area contributed by atoms with E-state index < -0.39 is 5.97 Å². The van der Waals surface area contributed by atoms with Gasteiger partial charge in [0.05, 0.1) is 18.2 Å². The summed E-state index contributed by atoms with van der Waals surface area (Å²) in [6, 6.07) is 16.3. The van der Waals surface area contributed by atoms with Crippen molar-refractivity contribution in [3.05, 3.63) is 77.5 Å². The second-order valence-electron chi connectivity index (χ2n) is 4.93. The van der Waals surface area contributed by atoms with E-state index in [2.05, 4.69) is 9.72 Å². The molecule has 5 heteroatoms. The van der Waals surface area contributed by atoms with Crippen molar-refractivity contribution in [3.63, 3.8) is 0 Å². The normalized spacial score (nSPS) is 9.75. The Balaban J connectivity index is 0.000000174. The van der Waals surface area contributed by atoms with Crippen LogP contribution in [0.25, 0.3) is 10.9 Å². The van der Waals surface area contributed by atoms with Gasteiger partial charge in [0.15, 0.2) is 0 Å². The van der Waals surface area contributed by atoms with E-state index in [-0.39, 0.29) is 0 Å². The molecule has 0 amide bonds. The van der Waals surface area contributed by atoms with Crippen LogP contribution >= 0.6 is 0 Å². The fourth-order valence-corrected chi connectivity index (χ4v) is 2.15. The number of pyridine rings is 1. The first-order valence-electron chi connectivity index (χ1n) is 7.36. The molecule has 24 heavy (non-hydrogen) atoms. The van der Waals surface area contributed by atoms with E-state index >= 15 is 0 Å². The molecule has 0 unspecified atom stereocenters. The van der Waals surface area contributed by atoms with Gasteiger partial charge < -0.3 is 10.5 Å². The summed E-state index contributed by atoms with van der Waals surface area (Å²) in [5, 5.41) is 1.15. The SMILES string of the molecule is COC(=O)c1ccc(C=O)cc1.NCc1cccc2cccnc12. The Morgan fingerprint density at radius 2 is 1.83 bits per heavy atom. The average molecular weight is 322 g/mol. The lowest BCUT2D eigenvalue weighted by molar-refractivity contribution is 0.0600. The van der Waals surface area contributed by atoms with Gasteiger partial charge in [0, 0.05) is 23.7 Å². The van der Waals surface area contributed by atoms with Crippen LogP contribution in [-0.2, 0) is 11.3 Å². The van der Waals surface area contributed by atoms with Crippen LogP contribution in [0.2, 0.25) is 0 Å². The number of benzene rings is 2. The van der Waals surface area contributed by atoms with Gasteiger partial charge >= 0.3 is 5.97 Å². The van der Waals surface area contributed by atoms with Gasteiger partial charge in [-0.15, -0.1) is 0 Å². The number of nitrogens with zero attached hydrogens (tertiary/aromatic N) is 1. The maximum atomic E-state index is 10.9.